The molecule has 2 aromatic rings. The molecule has 1 aromatic carbocycles. The number of hydrogen-bond donors (Lipinski definition) is 2. The minimum atomic E-state index is -1.37. The lowest BCUT2D eigenvalue weighted by atomic mass is 9.54. The molecule has 6 heteroatoms. The molecule has 1 aliphatic carbocycles. The number of nitrogens with one attached hydrogen (secondary N) is 1. The molecule has 1 aliphatic rings. The second kappa shape index (κ2) is 5.63. The maximum atomic E-state index is 12.6. The predicted molar refractivity (Wildman–Crippen MR) is 87.9 cm³/mol. The quantitative estimate of drug-likeness (QED) is 0.879. The van der Waals surface area contributed by atoms with Gasteiger partial charge >= 0.3 is 5.97 Å². The van der Waals surface area contributed by atoms with Gasteiger partial charge in [-0.3, -0.25) is 4.79 Å². The summed E-state index contributed by atoms with van der Waals surface area (Å²) in [5, 5.41) is 13.2. The van der Waals surface area contributed by atoms with Gasteiger partial charge in [-0.2, -0.15) is 0 Å². The van der Waals surface area contributed by atoms with Gasteiger partial charge in [0.15, 0.2) is 5.76 Å². The van der Waals surface area contributed by atoms with Gasteiger partial charge in [0, 0.05) is 23.8 Å². The Kier molecular flexibility index (Phi) is 3.87. The largest absolute Gasteiger partial charge is 0.479 e. The number of carboxylic acid groups (broad SMARTS) is 1. The van der Waals surface area contributed by atoms with E-state index in [9.17, 15) is 14.7 Å². The lowest BCUT2D eigenvalue weighted by Gasteiger charge is -2.58. The van der Waals surface area contributed by atoms with Gasteiger partial charge in [0.2, 0.25) is 0 Å². The van der Waals surface area contributed by atoms with Crippen LogP contribution >= 0.6 is 0 Å². The number of para-hydroxylation sites is 1. The van der Waals surface area contributed by atoms with Crippen LogP contribution in [0.15, 0.2) is 34.7 Å². The van der Waals surface area contributed by atoms with Crippen LogP contribution in [0.25, 0.3) is 11.0 Å². The second-order valence-electron chi connectivity index (χ2n) is 6.68. The fourth-order valence-corrected chi connectivity index (χ4v) is 3.39. The van der Waals surface area contributed by atoms with E-state index in [1.54, 1.807) is 26.0 Å². The van der Waals surface area contributed by atoms with Gasteiger partial charge in [0.05, 0.1) is 6.10 Å². The number of carboxylic acids is 1. The van der Waals surface area contributed by atoms with Gasteiger partial charge < -0.3 is 19.6 Å². The smallest absolute Gasteiger partial charge is 0.330 e. The average molecular weight is 331 g/mol. The molecule has 1 aromatic heterocycles. The first-order valence-corrected chi connectivity index (χ1v) is 7.98. The van der Waals surface area contributed by atoms with Gasteiger partial charge in [0.25, 0.3) is 5.91 Å². The third kappa shape index (κ3) is 2.29. The molecule has 1 saturated carbocycles. The summed E-state index contributed by atoms with van der Waals surface area (Å²) in [5.41, 5.74) is -1.51. The number of rotatable bonds is 5. The fraction of sp³-hybridized carbons (Fsp3) is 0.444. The van der Waals surface area contributed by atoms with Crippen LogP contribution in [0, 0.1) is 5.41 Å². The lowest BCUT2D eigenvalue weighted by molar-refractivity contribution is -0.190. The predicted octanol–water partition coefficient (Wildman–Crippen LogP) is 2.82. The highest BCUT2D eigenvalue weighted by atomic mass is 16.5. The first-order chi connectivity index (χ1) is 11.3. The fourth-order valence-electron chi connectivity index (χ4n) is 3.39. The van der Waals surface area contributed by atoms with Crippen molar-refractivity contribution in [1.82, 2.24) is 5.32 Å². The van der Waals surface area contributed by atoms with Gasteiger partial charge in [-0.25, -0.2) is 4.79 Å². The number of hydrogen-bond acceptors (Lipinski definition) is 4. The summed E-state index contributed by atoms with van der Waals surface area (Å²) >= 11 is 0. The van der Waals surface area contributed by atoms with Crippen LogP contribution in [-0.2, 0) is 9.53 Å². The molecule has 1 heterocycles. The summed E-state index contributed by atoms with van der Waals surface area (Å²) in [6.45, 7) is 5.96. The van der Waals surface area contributed by atoms with Crippen molar-refractivity contribution in [3.8, 4) is 0 Å². The summed E-state index contributed by atoms with van der Waals surface area (Å²) in [4.78, 5) is 24.5. The molecule has 0 aliphatic heterocycles. The van der Waals surface area contributed by atoms with E-state index < -0.39 is 22.8 Å². The van der Waals surface area contributed by atoms with Gasteiger partial charge in [-0.05, 0) is 19.1 Å². The minimum Gasteiger partial charge on any atom is -0.479 e. The van der Waals surface area contributed by atoms with Crippen molar-refractivity contribution in [3.05, 3.63) is 36.1 Å². The SMILES string of the molecule is CCOC1CC(NC(=O)c2cc3ccccc3o2)(C(=O)O)C1(C)C. The molecule has 0 radical (unpaired) electrons. The number of carbonyl (C=O) groups is 2. The van der Waals surface area contributed by atoms with Crippen LogP contribution in [0.4, 0.5) is 0 Å². The zero-order valence-corrected chi connectivity index (χ0v) is 14.0. The number of benzene rings is 1. The van der Waals surface area contributed by atoms with Crippen molar-refractivity contribution in [2.75, 3.05) is 6.61 Å². The Hall–Kier alpha value is -2.34. The summed E-state index contributed by atoms with van der Waals surface area (Å²) in [5.74, 6) is -1.49. The molecule has 128 valence electrons. The Morgan fingerprint density at radius 2 is 2.08 bits per heavy atom. The number of fused-ring (bicyclic) bond motifs is 1. The van der Waals surface area contributed by atoms with Crippen molar-refractivity contribution in [1.29, 1.82) is 0 Å². The Labute approximate surface area is 139 Å². The van der Waals surface area contributed by atoms with E-state index in [1.807, 2.05) is 25.1 Å². The van der Waals surface area contributed by atoms with Crippen molar-refractivity contribution < 1.29 is 23.8 Å². The Bertz CT molecular complexity index is 761. The zero-order chi connectivity index (χ0) is 17.5. The molecule has 2 atom stereocenters. The molecule has 0 spiro atoms. The number of amides is 1. The number of furan rings is 1. The van der Waals surface area contributed by atoms with E-state index >= 15 is 0 Å². The summed E-state index contributed by atoms with van der Waals surface area (Å²) in [7, 11) is 0. The van der Waals surface area contributed by atoms with E-state index in [0.717, 1.165) is 5.39 Å². The monoisotopic (exact) mass is 331 g/mol. The van der Waals surface area contributed by atoms with Crippen LogP contribution in [0.1, 0.15) is 37.7 Å². The van der Waals surface area contributed by atoms with E-state index in [1.165, 1.54) is 0 Å². The van der Waals surface area contributed by atoms with Crippen LogP contribution in [0.5, 0.6) is 0 Å². The van der Waals surface area contributed by atoms with E-state index in [4.69, 9.17) is 9.15 Å². The molecular weight excluding hydrogens is 310 g/mol. The summed E-state index contributed by atoms with van der Waals surface area (Å²) in [6.07, 6.45) is 0.0179. The first-order valence-electron chi connectivity index (χ1n) is 7.98. The zero-order valence-electron chi connectivity index (χ0n) is 14.0. The summed E-state index contributed by atoms with van der Waals surface area (Å²) < 4.78 is 11.1. The Morgan fingerprint density at radius 1 is 1.38 bits per heavy atom. The van der Waals surface area contributed by atoms with Crippen LogP contribution < -0.4 is 5.32 Å². The number of carbonyl (C=O) groups excluding carboxylic acids is 1. The van der Waals surface area contributed by atoms with Gasteiger partial charge in [-0.1, -0.05) is 32.0 Å². The lowest BCUT2D eigenvalue weighted by Crippen LogP contribution is -2.76. The Balaban J connectivity index is 1.87. The van der Waals surface area contributed by atoms with Crippen molar-refractivity contribution >= 4 is 22.8 Å². The summed E-state index contributed by atoms with van der Waals surface area (Å²) in [6, 6.07) is 8.87. The molecule has 0 saturated heterocycles. The van der Waals surface area contributed by atoms with Gasteiger partial charge in [0.1, 0.15) is 11.1 Å². The third-order valence-corrected chi connectivity index (χ3v) is 5.11. The van der Waals surface area contributed by atoms with E-state index in [2.05, 4.69) is 5.32 Å². The molecule has 0 bridgehead atoms. The van der Waals surface area contributed by atoms with Crippen LogP contribution in [0.3, 0.4) is 0 Å². The molecule has 3 rings (SSSR count). The minimum absolute atomic E-state index is 0.104. The average Bonchev–Trinajstić information content (AvgIpc) is 2.97. The molecule has 2 unspecified atom stereocenters. The Morgan fingerprint density at radius 3 is 2.67 bits per heavy atom. The molecular formula is C18H21NO5. The maximum absolute atomic E-state index is 12.6. The normalized spacial score (nSPS) is 25.2. The van der Waals surface area contributed by atoms with E-state index in [0.29, 0.717) is 12.2 Å². The maximum Gasteiger partial charge on any atom is 0.330 e. The molecule has 1 amide bonds. The third-order valence-electron chi connectivity index (χ3n) is 5.11. The van der Waals surface area contributed by atoms with Gasteiger partial charge in [-0.15, -0.1) is 0 Å². The number of aliphatic carboxylic acids is 1. The highest BCUT2D eigenvalue weighted by Gasteiger charge is 2.66. The van der Waals surface area contributed by atoms with Crippen molar-refractivity contribution in [2.45, 2.75) is 38.8 Å². The van der Waals surface area contributed by atoms with Crippen molar-refractivity contribution in [3.63, 3.8) is 0 Å². The highest BCUT2D eigenvalue weighted by molar-refractivity contribution is 5.99. The molecule has 2 N–H and O–H groups in total. The molecule has 6 nitrogen and oxygen atoms in total. The first kappa shape index (κ1) is 16.5. The van der Waals surface area contributed by atoms with E-state index in [-0.39, 0.29) is 18.3 Å². The molecule has 1 fully saturated rings. The molecule has 24 heavy (non-hydrogen) atoms. The second-order valence-corrected chi connectivity index (χ2v) is 6.68. The standard InChI is InChI=1S/C18H21NO5/c1-4-23-14-10-18(16(21)22,17(14,2)3)19-15(20)13-9-11-7-5-6-8-12(11)24-13/h5-9,14H,4,10H2,1-3H3,(H,19,20)(H,21,22). The van der Waals surface area contributed by atoms with Crippen molar-refractivity contribution in [2.24, 2.45) is 5.41 Å². The highest BCUT2D eigenvalue weighted by Crippen LogP contribution is 2.51. The van der Waals surface area contributed by atoms with Crippen LogP contribution in [-0.4, -0.2) is 35.2 Å². The topological polar surface area (TPSA) is 88.8 Å². The van der Waals surface area contributed by atoms with Crippen LogP contribution in [0.2, 0.25) is 0 Å². The number of ether oxygens (including phenoxy) is 1.